The predicted molar refractivity (Wildman–Crippen MR) is 137 cm³/mol. The van der Waals surface area contributed by atoms with Crippen molar-refractivity contribution in [3.05, 3.63) is 81.9 Å². The smallest absolute Gasteiger partial charge is 0.341 e. The van der Waals surface area contributed by atoms with Crippen molar-refractivity contribution >= 4 is 40.6 Å². The highest BCUT2D eigenvalue weighted by molar-refractivity contribution is 5.97. The molecule has 0 spiro atoms. The Hall–Kier alpha value is -4.40. The van der Waals surface area contributed by atoms with Crippen LogP contribution in [0.5, 0.6) is 5.75 Å². The lowest BCUT2D eigenvalue weighted by Gasteiger charge is -2.24. The maximum atomic E-state index is 15.4. The van der Waals surface area contributed by atoms with Gasteiger partial charge in [-0.1, -0.05) is 37.4 Å². The second-order valence-electron chi connectivity index (χ2n) is 8.65. The van der Waals surface area contributed by atoms with Gasteiger partial charge in [-0.3, -0.25) is 9.59 Å². The number of primary amides is 1. The van der Waals surface area contributed by atoms with Crippen LogP contribution < -0.4 is 20.8 Å². The van der Waals surface area contributed by atoms with Crippen molar-refractivity contribution in [2.45, 2.75) is 13.0 Å². The highest BCUT2D eigenvalue weighted by Crippen LogP contribution is 2.40. The lowest BCUT2D eigenvalue weighted by atomic mass is 10.0. The van der Waals surface area contributed by atoms with Crippen LogP contribution >= 0.6 is 0 Å². The maximum Gasteiger partial charge on any atom is 0.341 e. The van der Waals surface area contributed by atoms with E-state index >= 15 is 4.39 Å². The number of aromatic nitrogens is 1. The number of carbonyl (C=O) groups is 2. The zero-order chi connectivity index (χ0) is 26.1. The molecule has 0 unspecified atom stereocenters. The normalized spacial score (nSPS) is 15.2. The van der Waals surface area contributed by atoms with E-state index in [1.165, 1.54) is 13.3 Å². The molecule has 1 saturated heterocycles. The summed E-state index contributed by atoms with van der Waals surface area (Å²) in [6, 6.07) is 6.62. The van der Waals surface area contributed by atoms with E-state index in [1.54, 1.807) is 21.6 Å². The standard InChI is InChI=1S/C27H26FN3O5/c1-4-16-7-6-15(10-17(16)5-2)12-31-14-20(27(34)35)24(32)19-11-21(28)23(25(36-3)22(19)31)30-9-8-18(13-30)26(29)33/h4-7,10-11,14,18H,1-2,8-9,12-13H2,3H3,(H2,29,33)(H,34,35)/t18-/m1/s1. The maximum absolute atomic E-state index is 15.4. The van der Waals surface area contributed by atoms with Gasteiger partial charge in [-0.25, -0.2) is 9.18 Å². The molecule has 4 rings (SSSR count). The number of hydrogen-bond donors (Lipinski definition) is 2. The summed E-state index contributed by atoms with van der Waals surface area (Å²) in [6.07, 6.45) is 5.08. The number of carbonyl (C=O) groups excluding carboxylic acids is 1. The molecule has 0 bridgehead atoms. The largest absolute Gasteiger partial charge is 0.492 e. The first kappa shape index (κ1) is 24.7. The van der Waals surface area contributed by atoms with Gasteiger partial charge in [0.25, 0.3) is 0 Å². The van der Waals surface area contributed by atoms with Crippen LogP contribution in [0.1, 0.15) is 33.5 Å². The fourth-order valence-electron chi connectivity index (χ4n) is 4.73. The Morgan fingerprint density at radius 2 is 1.97 bits per heavy atom. The zero-order valence-electron chi connectivity index (χ0n) is 19.8. The first-order valence-corrected chi connectivity index (χ1v) is 11.3. The van der Waals surface area contributed by atoms with Crippen LogP contribution in [0.2, 0.25) is 0 Å². The van der Waals surface area contributed by atoms with Crippen LogP contribution in [0.25, 0.3) is 23.1 Å². The molecular formula is C27H26FN3O5. The molecule has 0 aliphatic carbocycles. The minimum Gasteiger partial charge on any atom is -0.492 e. The number of hydrogen-bond acceptors (Lipinski definition) is 5. The van der Waals surface area contributed by atoms with E-state index in [1.807, 2.05) is 18.2 Å². The summed E-state index contributed by atoms with van der Waals surface area (Å²) < 4.78 is 22.6. The monoisotopic (exact) mass is 491 g/mol. The summed E-state index contributed by atoms with van der Waals surface area (Å²) in [7, 11) is 1.36. The molecule has 8 nitrogen and oxygen atoms in total. The van der Waals surface area contributed by atoms with E-state index in [9.17, 15) is 19.5 Å². The number of fused-ring (bicyclic) bond motifs is 1. The molecule has 1 aromatic heterocycles. The molecule has 1 atom stereocenters. The minimum absolute atomic E-state index is 0.0795. The van der Waals surface area contributed by atoms with Gasteiger partial charge in [-0.2, -0.15) is 0 Å². The average molecular weight is 492 g/mol. The zero-order valence-corrected chi connectivity index (χ0v) is 19.8. The molecule has 9 heteroatoms. The molecular weight excluding hydrogens is 465 g/mol. The third-order valence-corrected chi connectivity index (χ3v) is 6.53. The van der Waals surface area contributed by atoms with Crippen LogP contribution in [0.15, 0.2) is 48.4 Å². The number of nitrogens with zero attached hydrogens (tertiary/aromatic N) is 2. The number of aromatic carboxylic acids is 1. The summed E-state index contributed by atoms with van der Waals surface area (Å²) in [5, 5.41) is 9.54. The van der Waals surface area contributed by atoms with Gasteiger partial charge >= 0.3 is 5.97 Å². The molecule has 1 fully saturated rings. The Morgan fingerprint density at radius 3 is 2.56 bits per heavy atom. The van der Waals surface area contributed by atoms with Crippen molar-refractivity contribution in [3.63, 3.8) is 0 Å². The van der Waals surface area contributed by atoms with Gasteiger partial charge in [0.15, 0.2) is 11.6 Å². The first-order chi connectivity index (χ1) is 17.2. The number of ether oxygens (including phenoxy) is 1. The Kier molecular flexibility index (Phi) is 6.65. The highest BCUT2D eigenvalue weighted by atomic mass is 19.1. The molecule has 1 amide bonds. The lowest BCUT2D eigenvalue weighted by Crippen LogP contribution is -2.28. The highest BCUT2D eigenvalue weighted by Gasteiger charge is 2.32. The van der Waals surface area contributed by atoms with E-state index in [0.29, 0.717) is 13.0 Å². The Morgan fingerprint density at radius 1 is 1.25 bits per heavy atom. The average Bonchev–Trinajstić information content (AvgIpc) is 3.34. The van der Waals surface area contributed by atoms with Gasteiger partial charge < -0.3 is 25.0 Å². The second-order valence-corrected chi connectivity index (χ2v) is 8.65. The number of nitrogens with two attached hydrogens (primary N) is 1. The number of benzene rings is 2. The van der Waals surface area contributed by atoms with Crippen molar-refractivity contribution < 1.29 is 23.8 Å². The summed E-state index contributed by atoms with van der Waals surface area (Å²) in [4.78, 5) is 38.2. The van der Waals surface area contributed by atoms with Crippen molar-refractivity contribution in [1.82, 2.24) is 4.57 Å². The van der Waals surface area contributed by atoms with E-state index < -0.39 is 34.6 Å². The van der Waals surface area contributed by atoms with Crippen LogP contribution in [0.4, 0.5) is 10.1 Å². The summed E-state index contributed by atoms with van der Waals surface area (Å²) in [5.41, 5.74) is 7.00. The SMILES string of the molecule is C=Cc1ccc(Cn2cc(C(=O)O)c(=O)c3cc(F)c(N4CC[C@@H](C(N)=O)C4)c(OC)c32)cc1C=C. The van der Waals surface area contributed by atoms with Crippen molar-refractivity contribution in [3.8, 4) is 5.75 Å². The fourth-order valence-corrected chi connectivity index (χ4v) is 4.73. The van der Waals surface area contributed by atoms with Gasteiger partial charge in [0.05, 0.1) is 23.9 Å². The molecule has 0 saturated carbocycles. The Labute approximate surface area is 206 Å². The molecule has 2 aromatic carbocycles. The van der Waals surface area contributed by atoms with Crippen molar-refractivity contribution in [2.75, 3.05) is 25.1 Å². The Balaban J connectivity index is 1.97. The molecule has 2 heterocycles. The summed E-state index contributed by atoms with van der Waals surface area (Å²) in [6.45, 7) is 8.36. The van der Waals surface area contributed by atoms with Gasteiger partial charge in [0.2, 0.25) is 11.3 Å². The molecule has 186 valence electrons. The molecule has 3 aromatic rings. The third-order valence-electron chi connectivity index (χ3n) is 6.53. The number of carboxylic acid groups (broad SMARTS) is 1. The van der Waals surface area contributed by atoms with Gasteiger partial charge in [-0.15, -0.1) is 0 Å². The number of halogens is 1. The molecule has 1 aliphatic rings. The molecule has 1 aliphatic heterocycles. The van der Waals surface area contributed by atoms with Gasteiger partial charge in [-0.05, 0) is 35.2 Å². The van der Waals surface area contributed by atoms with Gasteiger partial charge in [0.1, 0.15) is 11.3 Å². The van der Waals surface area contributed by atoms with Crippen molar-refractivity contribution in [2.24, 2.45) is 11.7 Å². The minimum atomic E-state index is -1.42. The number of amides is 1. The van der Waals surface area contributed by atoms with Crippen LogP contribution in [-0.4, -0.2) is 41.7 Å². The van der Waals surface area contributed by atoms with Crippen LogP contribution in [0, 0.1) is 11.7 Å². The number of pyridine rings is 1. The topological polar surface area (TPSA) is 115 Å². The quantitative estimate of drug-likeness (QED) is 0.499. The predicted octanol–water partition coefficient (Wildman–Crippen LogP) is 3.49. The van der Waals surface area contributed by atoms with Gasteiger partial charge in [0, 0.05) is 25.8 Å². The van der Waals surface area contributed by atoms with Crippen molar-refractivity contribution in [1.29, 1.82) is 0 Å². The second kappa shape index (κ2) is 9.69. The van der Waals surface area contributed by atoms with E-state index in [0.717, 1.165) is 22.8 Å². The molecule has 3 N–H and O–H groups in total. The number of anilines is 1. The lowest BCUT2D eigenvalue weighted by molar-refractivity contribution is -0.121. The van der Waals surface area contributed by atoms with E-state index in [4.69, 9.17) is 10.5 Å². The Bertz CT molecular complexity index is 1480. The van der Waals surface area contributed by atoms with E-state index in [2.05, 4.69) is 13.2 Å². The molecule has 0 radical (unpaired) electrons. The van der Waals surface area contributed by atoms with Crippen LogP contribution in [-0.2, 0) is 11.3 Å². The number of carboxylic acids is 1. The summed E-state index contributed by atoms with van der Waals surface area (Å²) >= 11 is 0. The van der Waals surface area contributed by atoms with Crippen LogP contribution in [0.3, 0.4) is 0 Å². The first-order valence-electron chi connectivity index (χ1n) is 11.3. The number of methoxy groups -OCH3 is 1. The fraction of sp³-hybridized carbons (Fsp3) is 0.222. The molecule has 36 heavy (non-hydrogen) atoms. The summed E-state index contributed by atoms with van der Waals surface area (Å²) in [5.74, 6) is -3.00. The third kappa shape index (κ3) is 4.24. The van der Waals surface area contributed by atoms with E-state index in [-0.39, 0.29) is 35.4 Å². The number of rotatable bonds is 8.